The first-order valence-electron chi connectivity index (χ1n) is 10.2. The summed E-state index contributed by atoms with van der Waals surface area (Å²) in [5.74, 6) is 1.36. The van der Waals surface area contributed by atoms with Crippen LogP contribution in [-0.2, 0) is 10.0 Å². The van der Waals surface area contributed by atoms with Gasteiger partial charge in [-0.1, -0.05) is 0 Å². The van der Waals surface area contributed by atoms with E-state index in [-0.39, 0.29) is 23.7 Å². The maximum Gasteiger partial charge on any atom is 0.243 e. The lowest BCUT2D eigenvalue weighted by molar-refractivity contribution is 0.379. The molecule has 0 bridgehead atoms. The van der Waals surface area contributed by atoms with Crippen LogP contribution in [0, 0.1) is 26.6 Å². The molecule has 9 nitrogen and oxygen atoms in total. The molecule has 1 saturated heterocycles. The van der Waals surface area contributed by atoms with E-state index in [1.165, 1.54) is 23.5 Å². The minimum atomic E-state index is -3.81. The number of rotatable bonds is 5. The average molecular weight is 461 g/mol. The zero-order valence-electron chi connectivity index (χ0n) is 18.4. The van der Waals surface area contributed by atoms with E-state index in [1.807, 2.05) is 36.3 Å². The number of ether oxygens (including phenoxy) is 1. The molecule has 1 aliphatic heterocycles. The van der Waals surface area contributed by atoms with Crippen molar-refractivity contribution in [2.45, 2.75) is 25.7 Å². The predicted molar refractivity (Wildman–Crippen MR) is 117 cm³/mol. The lowest BCUT2D eigenvalue weighted by Crippen LogP contribution is -2.49. The van der Waals surface area contributed by atoms with Gasteiger partial charge in [0.15, 0.2) is 11.6 Å². The SMILES string of the molecule is COc1ccc(S(=O)(=O)N2CCN(c3cc(-n4cnc(C)c4C)nc(C)n3)CC2)cc1F. The zero-order chi connectivity index (χ0) is 23.0. The summed E-state index contributed by atoms with van der Waals surface area (Å²) >= 11 is 0. The highest BCUT2D eigenvalue weighted by Gasteiger charge is 2.30. The van der Waals surface area contributed by atoms with E-state index in [0.717, 1.165) is 23.3 Å². The van der Waals surface area contributed by atoms with E-state index in [9.17, 15) is 12.8 Å². The van der Waals surface area contributed by atoms with Crippen LogP contribution in [0.5, 0.6) is 5.75 Å². The predicted octanol–water partition coefficient (Wildman–Crippen LogP) is 2.25. The van der Waals surface area contributed by atoms with Crippen molar-refractivity contribution < 1.29 is 17.5 Å². The molecule has 3 aromatic rings. The second-order valence-corrected chi connectivity index (χ2v) is 9.54. The summed E-state index contributed by atoms with van der Waals surface area (Å²) in [5, 5.41) is 0. The minimum absolute atomic E-state index is 0.00651. The molecule has 0 unspecified atom stereocenters. The van der Waals surface area contributed by atoms with Crippen molar-refractivity contribution in [3.05, 3.63) is 53.6 Å². The second-order valence-electron chi connectivity index (χ2n) is 7.60. The number of hydrogen-bond acceptors (Lipinski definition) is 7. The maximum absolute atomic E-state index is 14.0. The molecule has 11 heteroatoms. The Morgan fingerprint density at radius 3 is 2.28 bits per heavy atom. The van der Waals surface area contributed by atoms with E-state index < -0.39 is 15.8 Å². The molecule has 32 heavy (non-hydrogen) atoms. The van der Waals surface area contributed by atoms with Crippen molar-refractivity contribution in [3.8, 4) is 11.6 Å². The standard InChI is InChI=1S/C21H25FN6O3S/c1-14-15(2)28(13-23-14)21-12-20(24-16(3)25-21)26-7-9-27(10-8-26)32(29,30)17-5-6-19(31-4)18(22)11-17/h5-6,11-13H,7-10H2,1-4H3. The summed E-state index contributed by atoms with van der Waals surface area (Å²) in [4.78, 5) is 15.3. The van der Waals surface area contributed by atoms with Gasteiger partial charge in [-0.2, -0.15) is 4.31 Å². The van der Waals surface area contributed by atoms with Gasteiger partial charge in [-0.05, 0) is 39.0 Å². The maximum atomic E-state index is 14.0. The highest BCUT2D eigenvalue weighted by Crippen LogP contribution is 2.25. The van der Waals surface area contributed by atoms with E-state index >= 15 is 0 Å². The third-order valence-electron chi connectivity index (χ3n) is 5.63. The molecule has 1 aromatic carbocycles. The summed E-state index contributed by atoms with van der Waals surface area (Å²) in [6.07, 6.45) is 1.73. The highest BCUT2D eigenvalue weighted by molar-refractivity contribution is 7.89. The van der Waals surface area contributed by atoms with Gasteiger partial charge in [-0.25, -0.2) is 27.8 Å². The van der Waals surface area contributed by atoms with Gasteiger partial charge in [-0.15, -0.1) is 0 Å². The first-order valence-corrected chi connectivity index (χ1v) is 11.6. The van der Waals surface area contributed by atoms with Crippen molar-refractivity contribution in [3.63, 3.8) is 0 Å². The molecule has 1 fully saturated rings. The fourth-order valence-corrected chi connectivity index (χ4v) is 5.10. The molecule has 3 heterocycles. The van der Waals surface area contributed by atoms with Crippen molar-refractivity contribution in [1.29, 1.82) is 0 Å². The first kappa shape index (κ1) is 22.2. The molecular formula is C21H25FN6O3S. The number of hydrogen-bond donors (Lipinski definition) is 0. The van der Waals surface area contributed by atoms with Crippen LogP contribution in [0.4, 0.5) is 10.2 Å². The lowest BCUT2D eigenvalue weighted by atomic mass is 10.3. The highest BCUT2D eigenvalue weighted by atomic mass is 32.2. The van der Waals surface area contributed by atoms with Crippen molar-refractivity contribution >= 4 is 15.8 Å². The van der Waals surface area contributed by atoms with Gasteiger partial charge in [0.05, 0.1) is 17.7 Å². The van der Waals surface area contributed by atoms with Gasteiger partial charge in [0.2, 0.25) is 10.0 Å². The van der Waals surface area contributed by atoms with Crippen LogP contribution in [0.1, 0.15) is 17.2 Å². The van der Waals surface area contributed by atoms with Crippen LogP contribution in [-0.4, -0.2) is 65.5 Å². The quantitative estimate of drug-likeness (QED) is 0.576. The summed E-state index contributed by atoms with van der Waals surface area (Å²) in [7, 11) is -2.48. The number of imidazole rings is 1. The fourth-order valence-electron chi connectivity index (χ4n) is 3.67. The summed E-state index contributed by atoms with van der Waals surface area (Å²) < 4.78 is 48.1. The van der Waals surface area contributed by atoms with E-state index in [1.54, 1.807) is 6.33 Å². The number of halogens is 1. The van der Waals surface area contributed by atoms with Crippen LogP contribution in [0.2, 0.25) is 0 Å². The molecular weight excluding hydrogens is 435 g/mol. The van der Waals surface area contributed by atoms with Gasteiger partial charge in [0, 0.05) is 37.9 Å². The number of methoxy groups -OCH3 is 1. The number of anilines is 1. The molecule has 0 spiro atoms. The van der Waals surface area contributed by atoms with Crippen LogP contribution in [0.15, 0.2) is 35.5 Å². The average Bonchev–Trinajstić information content (AvgIpc) is 3.11. The first-order chi connectivity index (χ1) is 15.2. The van der Waals surface area contributed by atoms with Crippen LogP contribution >= 0.6 is 0 Å². The van der Waals surface area contributed by atoms with Crippen LogP contribution in [0.3, 0.4) is 0 Å². The Balaban J connectivity index is 1.53. The molecule has 0 aliphatic carbocycles. The number of nitrogens with zero attached hydrogens (tertiary/aromatic N) is 6. The van der Waals surface area contributed by atoms with E-state index in [2.05, 4.69) is 15.0 Å². The second kappa shape index (κ2) is 8.47. The number of aryl methyl sites for hydroxylation is 2. The Bertz CT molecular complexity index is 1250. The largest absolute Gasteiger partial charge is 0.494 e. The molecule has 0 N–H and O–H groups in total. The summed E-state index contributed by atoms with van der Waals surface area (Å²) in [5.41, 5.74) is 1.92. The van der Waals surface area contributed by atoms with Crippen molar-refractivity contribution in [1.82, 2.24) is 23.8 Å². The molecule has 170 valence electrons. The Labute approximate surface area is 186 Å². The van der Waals surface area contributed by atoms with Gasteiger partial charge in [0.1, 0.15) is 23.8 Å². The van der Waals surface area contributed by atoms with Gasteiger partial charge >= 0.3 is 0 Å². The third kappa shape index (κ3) is 4.05. The Hall–Kier alpha value is -3.05. The number of sulfonamides is 1. The smallest absolute Gasteiger partial charge is 0.243 e. The zero-order valence-corrected chi connectivity index (χ0v) is 19.2. The molecule has 0 atom stereocenters. The topological polar surface area (TPSA) is 93.5 Å². The number of benzene rings is 1. The lowest BCUT2D eigenvalue weighted by Gasteiger charge is -2.34. The molecule has 0 amide bonds. The van der Waals surface area contributed by atoms with Crippen molar-refractivity contribution in [2.75, 3.05) is 38.2 Å². The monoisotopic (exact) mass is 460 g/mol. The molecule has 2 aromatic heterocycles. The van der Waals surface area contributed by atoms with Crippen LogP contribution in [0.25, 0.3) is 5.82 Å². The fraction of sp³-hybridized carbons (Fsp3) is 0.381. The molecule has 1 aliphatic rings. The normalized spacial score (nSPS) is 15.2. The van der Waals surface area contributed by atoms with E-state index in [4.69, 9.17) is 4.74 Å². The van der Waals surface area contributed by atoms with E-state index in [0.29, 0.717) is 24.7 Å². The minimum Gasteiger partial charge on any atom is -0.494 e. The number of aromatic nitrogens is 4. The van der Waals surface area contributed by atoms with Gasteiger partial charge in [-0.3, -0.25) is 4.57 Å². The Kier molecular flexibility index (Phi) is 5.87. The Morgan fingerprint density at radius 2 is 1.69 bits per heavy atom. The molecule has 0 radical (unpaired) electrons. The van der Waals surface area contributed by atoms with Gasteiger partial charge < -0.3 is 9.64 Å². The van der Waals surface area contributed by atoms with Crippen LogP contribution < -0.4 is 9.64 Å². The summed E-state index contributed by atoms with van der Waals surface area (Å²) in [6.45, 7) is 7.17. The molecule has 0 saturated carbocycles. The van der Waals surface area contributed by atoms with Gasteiger partial charge in [0.25, 0.3) is 0 Å². The third-order valence-corrected chi connectivity index (χ3v) is 7.53. The number of piperazine rings is 1. The molecule has 4 rings (SSSR count). The summed E-state index contributed by atoms with van der Waals surface area (Å²) in [6, 6.07) is 5.56. The Morgan fingerprint density at radius 1 is 1.00 bits per heavy atom. The van der Waals surface area contributed by atoms with Crippen molar-refractivity contribution in [2.24, 2.45) is 0 Å².